The van der Waals surface area contributed by atoms with E-state index in [1.54, 1.807) is 6.20 Å². The van der Waals surface area contributed by atoms with Crippen molar-refractivity contribution in [3.63, 3.8) is 0 Å². The molecule has 0 saturated carbocycles. The fourth-order valence-electron chi connectivity index (χ4n) is 3.03. The first kappa shape index (κ1) is 14.5. The first-order valence-electron chi connectivity index (χ1n) is 8.17. The molecule has 0 atom stereocenters. The van der Waals surface area contributed by atoms with Crippen molar-refractivity contribution in [2.24, 2.45) is 0 Å². The molecule has 126 valence electrons. The molecule has 8 heteroatoms. The van der Waals surface area contributed by atoms with Gasteiger partial charge >= 0.3 is 0 Å². The van der Waals surface area contributed by atoms with Gasteiger partial charge in [-0.3, -0.25) is 5.10 Å². The smallest absolute Gasteiger partial charge is 0.250 e. The van der Waals surface area contributed by atoms with Gasteiger partial charge in [-0.25, -0.2) is 9.50 Å². The van der Waals surface area contributed by atoms with Crippen LogP contribution in [-0.4, -0.2) is 40.2 Å². The number of imidazole rings is 1. The van der Waals surface area contributed by atoms with E-state index in [9.17, 15) is 0 Å². The van der Waals surface area contributed by atoms with Gasteiger partial charge in [-0.2, -0.15) is 10.2 Å². The second kappa shape index (κ2) is 5.92. The number of nitrogens with zero attached hydrogens (tertiary/aromatic N) is 6. The van der Waals surface area contributed by atoms with E-state index in [2.05, 4.69) is 66.0 Å². The summed E-state index contributed by atoms with van der Waals surface area (Å²) in [4.78, 5) is 8.64. The third-order valence-corrected chi connectivity index (χ3v) is 4.26. The van der Waals surface area contributed by atoms with Crippen LogP contribution >= 0.6 is 0 Å². The first-order chi connectivity index (χ1) is 12.9. The first-order valence-corrected chi connectivity index (χ1v) is 8.17. The molecule has 3 heterocycles. The Labute approximate surface area is 147 Å². The summed E-state index contributed by atoms with van der Waals surface area (Å²) in [7, 11) is 0. The summed E-state index contributed by atoms with van der Waals surface area (Å²) in [6.07, 6.45) is 4.29. The molecule has 26 heavy (non-hydrogen) atoms. The molecular formula is C18H14N8. The number of fused-ring (bicyclic) bond motifs is 1. The quantitative estimate of drug-likeness (QED) is 0.523. The van der Waals surface area contributed by atoms with Crippen molar-refractivity contribution < 1.29 is 0 Å². The summed E-state index contributed by atoms with van der Waals surface area (Å²) in [5.74, 6) is 2.15. The van der Waals surface area contributed by atoms with Crippen molar-refractivity contribution in [3.05, 3.63) is 72.3 Å². The molecule has 0 aliphatic carbocycles. The Kier molecular flexibility index (Phi) is 3.31. The van der Waals surface area contributed by atoms with Gasteiger partial charge in [-0.15, -0.1) is 10.2 Å². The molecule has 0 radical (unpaired) electrons. The van der Waals surface area contributed by atoms with Crippen molar-refractivity contribution >= 4 is 5.78 Å². The molecule has 0 aliphatic heterocycles. The van der Waals surface area contributed by atoms with E-state index in [1.807, 2.05) is 28.9 Å². The highest BCUT2D eigenvalue weighted by atomic mass is 15.5. The molecule has 5 rings (SSSR count). The van der Waals surface area contributed by atoms with Crippen LogP contribution in [0.15, 0.2) is 60.9 Å². The minimum Gasteiger partial charge on any atom is -0.278 e. The second-order valence-corrected chi connectivity index (χ2v) is 5.92. The van der Waals surface area contributed by atoms with Crippen LogP contribution in [0.1, 0.15) is 11.4 Å². The Morgan fingerprint density at radius 1 is 0.962 bits per heavy atom. The Morgan fingerprint density at radius 2 is 1.81 bits per heavy atom. The molecule has 2 aromatic carbocycles. The third kappa shape index (κ3) is 2.53. The van der Waals surface area contributed by atoms with E-state index in [0.717, 1.165) is 28.9 Å². The van der Waals surface area contributed by atoms with Crippen LogP contribution in [-0.2, 0) is 6.42 Å². The molecule has 8 nitrogen and oxygen atoms in total. The van der Waals surface area contributed by atoms with Crippen molar-refractivity contribution in [2.45, 2.75) is 6.42 Å². The van der Waals surface area contributed by atoms with E-state index >= 15 is 0 Å². The normalized spacial score (nSPS) is 11.2. The summed E-state index contributed by atoms with van der Waals surface area (Å²) in [6.45, 7) is 0. The monoisotopic (exact) mass is 342 g/mol. The summed E-state index contributed by atoms with van der Waals surface area (Å²) >= 11 is 0. The number of rotatable bonds is 4. The predicted molar refractivity (Wildman–Crippen MR) is 95.2 cm³/mol. The number of benzene rings is 2. The van der Waals surface area contributed by atoms with Crippen LogP contribution in [0.25, 0.3) is 28.3 Å². The standard InChI is InChI=1S/C18H14N8/c1-2-4-15(17-21-24-25-22-17)14(3-1)13-7-5-12(6-8-13)11-16-20-18-19-9-10-26(18)23-16/h1-10H,11H2,(H,19,20,23)(H,21,22,24,25). The van der Waals surface area contributed by atoms with Gasteiger partial charge in [0.15, 0.2) is 0 Å². The van der Waals surface area contributed by atoms with E-state index in [0.29, 0.717) is 11.6 Å². The maximum Gasteiger partial charge on any atom is 0.250 e. The molecule has 0 aliphatic rings. The van der Waals surface area contributed by atoms with Crippen LogP contribution in [0, 0.1) is 0 Å². The summed E-state index contributed by atoms with van der Waals surface area (Å²) in [5.41, 5.74) is 4.28. The number of hydrogen-bond donors (Lipinski definition) is 2. The lowest BCUT2D eigenvalue weighted by atomic mass is 9.98. The predicted octanol–water partition coefficient (Wildman–Crippen LogP) is 2.50. The fraction of sp³-hybridized carbons (Fsp3) is 0.0556. The molecule has 0 saturated heterocycles. The molecule has 0 bridgehead atoms. The van der Waals surface area contributed by atoms with Gasteiger partial charge in [-0.05, 0) is 21.9 Å². The summed E-state index contributed by atoms with van der Waals surface area (Å²) in [6, 6.07) is 16.4. The largest absolute Gasteiger partial charge is 0.278 e. The van der Waals surface area contributed by atoms with Gasteiger partial charge < -0.3 is 0 Å². The van der Waals surface area contributed by atoms with Crippen LogP contribution < -0.4 is 0 Å². The Morgan fingerprint density at radius 3 is 2.58 bits per heavy atom. The average molecular weight is 342 g/mol. The summed E-state index contributed by atoms with van der Waals surface area (Å²) < 4.78 is 1.81. The molecule has 2 N–H and O–H groups in total. The molecule has 0 fully saturated rings. The van der Waals surface area contributed by atoms with Crippen molar-refractivity contribution in [2.75, 3.05) is 0 Å². The minimum atomic E-state index is 0.587. The Bertz CT molecular complexity index is 1120. The minimum absolute atomic E-state index is 0.587. The highest BCUT2D eigenvalue weighted by Gasteiger charge is 2.11. The lowest BCUT2D eigenvalue weighted by Gasteiger charge is -2.07. The van der Waals surface area contributed by atoms with Crippen molar-refractivity contribution in [3.8, 4) is 22.5 Å². The van der Waals surface area contributed by atoms with Crippen LogP contribution in [0.2, 0.25) is 0 Å². The van der Waals surface area contributed by atoms with Gasteiger partial charge in [0, 0.05) is 24.4 Å². The van der Waals surface area contributed by atoms with Gasteiger partial charge in [0.05, 0.1) is 0 Å². The lowest BCUT2D eigenvalue weighted by molar-refractivity contribution is 0.881. The third-order valence-electron chi connectivity index (χ3n) is 4.26. The maximum absolute atomic E-state index is 4.47. The zero-order valence-electron chi connectivity index (χ0n) is 13.7. The summed E-state index contributed by atoms with van der Waals surface area (Å²) in [5, 5.41) is 17.6. The highest BCUT2D eigenvalue weighted by Crippen LogP contribution is 2.29. The number of aromatic nitrogens is 8. The van der Waals surface area contributed by atoms with E-state index in [-0.39, 0.29) is 0 Å². The average Bonchev–Trinajstić information content (AvgIpc) is 3.40. The number of hydrogen-bond acceptors (Lipinski definition) is 5. The molecule has 0 spiro atoms. The zero-order chi connectivity index (χ0) is 17.3. The maximum atomic E-state index is 4.47. The van der Waals surface area contributed by atoms with Gasteiger partial charge in [0.25, 0.3) is 5.78 Å². The topological polar surface area (TPSA) is 100 Å². The van der Waals surface area contributed by atoms with Gasteiger partial charge in [0.1, 0.15) is 5.82 Å². The van der Waals surface area contributed by atoms with Gasteiger partial charge in [-0.1, -0.05) is 48.5 Å². The fourth-order valence-corrected chi connectivity index (χ4v) is 3.03. The molecule has 0 amide bonds. The van der Waals surface area contributed by atoms with Crippen LogP contribution in [0.3, 0.4) is 0 Å². The van der Waals surface area contributed by atoms with Crippen LogP contribution in [0.4, 0.5) is 0 Å². The zero-order valence-corrected chi connectivity index (χ0v) is 13.7. The second-order valence-electron chi connectivity index (χ2n) is 5.92. The number of aromatic amines is 2. The number of H-pyrrole nitrogens is 2. The van der Waals surface area contributed by atoms with Crippen molar-refractivity contribution in [1.29, 1.82) is 0 Å². The molecule has 3 aromatic heterocycles. The van der Waals surface area contributed by atoms with E-state index in [1.165, 1.54) is 5.56 Å². The highest BCUT2D eigenvalue weighted by molar-refractivity contribution is 5.80. The Hall–Kier alpha value is -3.81. The molecule has 5 aromatic rings. The molecule has 0 unspecified atom stereocenters. The lowest BCUT2D eigenvalue weighted by Crippen LogP contribution is -1.93. The number of tetrazole rings is 1. The van der Waals surface area contributed by atoms with E-state index in [4.69, 9.17) is 0 Å². The number of nitrogens with one attached hydrogen (secondary N) is 2. The van der Waals surface area contributed by atoms with Gasteiger partial charge in [0.2, 0.25) is 5.82 Å². The Balaban J connectivity index is 1.44. The van der Waals surface area contributed by atoms with Crippen molar-refractivity contribution in [1.82, 2.24) is 40.2 Å². The van der Waals surface area contributed by atoms with Crippen LogP contribution in [0.5, 0.6) is 0 Å². The molecular weight excluding hydrogens is 328 g/mol. The SMILES string of the molecule is c1ccc(-c2nn[nH]n2)c(-c2ccc(Cc3nc4nccn4[nH]3)cc2)c1. The van der Waals surface area contributed by atoms with E-state index < -0.39 is 0 Å².